The number of hydrogen-bond acceptors (Lipinski definition) is 6. The Morgan fingerprint density at radius 3 is 3.04 bits per heavy atom. The molecule has 1 aliphatic rings. The van der Waals surface area contributed by atoms with Gasteiger partial charge in [-0.1, -0.05) is 6.92 Å². The van der Waals surface area contributed by atoms with Crippen LogP contribution >= 0.6 is 11.3 Å². The van der Waals surface area contributed by atoms with Crippen molar-refractivity contribution in [1.29, 1.82) is 0 Å². The molecule has 2 aromatic heterocycles. The number of rotatable bonds is 4. The number of hydrogen-bond donors (Lipinski definition) is 1. The van der Waals surface area contributed by atoms with Crippen LogP contribution in [-0.2, 0) is 4.79 Å². The Morgan fingerprint density at radius 2 is 2.30 bits per heavy atom. The first-order valence-electron chi connectivity index (χ1n) is 7.99. The molecule has 122 valence electrons. The van der Waals surface area contributed by atoms with Gasteiger partial charge >= 0.3 is 0 Å². The van der Waals surface area contributed by atoms with Crippen molar-refractivity contribution in [3.63, 3.8) is 0 Å². The van der Waals surface area contributed by atoms with E-state index in [4.69, 9.17) is 0 Å². The van der Waals surface area contributed by atoms with Gasteiger partial charge in [-0.3, -0.25) is 4.79 Å². The number of anilines is 2. The molecule has 1 saturated heterocycles. The van der Waals surface area contributed by atoms with E-state index < -0.39 is 0 Å². The molecule has 0 aromatic carbocycles. The Labute approximate surface area is 140 Å². The number of nitrogens with zero attached hydrogens (tertiary/aromatic N) is 4. The van der Waals surface area contributed by atoms with Crippen molar-refractivity contribution in [2.45, 2.75) is 45.6 Å². The molecular weight excluding hydrogens is 310 g/mol. The highest BCUT2D eigenvalue weighted by Crippen LogP contribution is 2.30. The molecule has 7 heteroatoms. The number of amides is 1. The van der Waals surface area contributed by atoms with Crippen LogP contribution in [0.15, 0.2) is 17.6 Å². The van der Waals surface area contributed by atoms with E-state index >= 15 is 0 Å². The summed E-state index contributed by atoms with van der Waals surface area (Å²) in [6.07, 6.45) is 5.35. The second kappa shape index (κ2) is 7.04. The summed E-state index contributed by atoms with van der Waals surface area (Å²) in [4.78, 5) is 27.6. The highest BCUT2D eigenvalue weighted by Gasteiger charge is 2.29. The van der Waals surface area contributed by atoms with Crippen LogP contribution in [0.1, 0.15) is 50.2 Å². The van der Waals surface area contributed by atoms with Gasteiger partial charge in [0.25, 0.3) is 0 Å². The highest BCUT2D eigenvalue weighted by molar-refractivity contribution is 7.13. The fourth-order valence-electron chi connectivity index (χ4n) is 2.90. The average Bonchev–Trinajstić information content (AvgIpc) is 3.06. The van der Waals surface area contributed by atoms with Crippen LogP contribution in [0.25, 0.3) is 0 Å². The van der Waals surface area contributed by atoms with Crippen molar-refractivity contribution in [3.05, 3.63) is 29.2 Å². The van der Waals surface area contributed by atoms with Crippen LogP contribution in [0.5, 0.6) is 0 Å². The number of aromatic nitrogens is 3. The number of aryl methyl sites for hydroxylation is 1. The summed E-state index contributed by atoms with van der Waals surface area (Å²) in [5, 5.41) is 5.94. The summed E-state index contributed by atoms with van der Waals surface area (Å²) in [6, 6.07) is 1.88. The lowest BCUT2D eigenvalue weighted by molar-refractivity contribution is -0.134. The quantitative estimate of drug-likeness (QED) is 0.929. The minimum Gasteiger partial charge on any atom is -0.332 e. The van der Waals surface area contributed by atoms with E-state index in [9.17, 15) is 4.79 Å². The van der Waals surface area contributed by atoms with Gasteiger partial charge in [-0.25, -0.2) is 15.0 Å². The largest absolute Gasteiger partial charge is 0.332 e. The first-order valence-corrected chi connectivity index (χ1v) is 8.87. The Kier molecular flexibility index (Phi) is 4.85. The zero-order valence-electron chi connectivity index (χ0n) is 13.5. The van der Waals surface area contributed by atoms with Gasteiger partial charge in [0.15, 0.2) is 11.0 Å². The van der Waals surface area contributed by atoms with Gasteiger partial charge in [0.05, 0.1) is 6.04 Å². The molecule has 3 rings (SSSR count). The molecule has 6 nitrogen and oxygen atoms in total. The van der Waals surface area contributed by atoms with Crippen molar-refractivity contribution in [3.8, 4) is 0 Å². The fraction of sp³-hybridized carbons (Fsp3) is 0.500. The monoisotopic (exact) mass is 331 g/mol. The van der Waals surface area contributed by atoms with Gasteiger partial charge in [-0.15, -0.1) is 11.3 Å². The molecule has 1 aliphatic heterocycles. The first kappa shape index (κ1) is 15.9. The summed E-state index contributed by atoms with van der Waals surface area (Å²) in [5.41, 5.74) is 0.892. The lowest BCUT2D eigenvalue weighted by Gasteiger charge is -2.34. The summed E-state index contributed by atoms with van der Waals surface area (Å²) in [5.74, 6) is 1.64. The van der Waals surface area contributed by atoms with Gasteiger partial charge in [0, 0.05) is 36.3 Å². The Morgan fingerprint density at radius 1 is 1.43 bits per heavy atom. The molecule has 1 amide bonds. The van der Waals surface area contributed by atoms with Crippen molar-refractivity contribution in [2.75, 3.05) is 11.9 Å². The van der Waals surface area contributed by atoms with Gasteiger partial charge < -0.3 is 10.2 Å². The highest BCUT2D eigenvalue weighted by atomic mass is 32.1. The number of piperidine rings is 1. The molecule has 3 heterocycles. The molecule has 0 radical (unpaired) electrons. The van der Waals surface area contributed by atoms with Crippen molar-refractivity contribution in [2.24, 2.45) is 0 Å². The van der Waals surface area contributed by atoms with Crippen molar-refractivity contribution >= 4 is 28.2 Å². The van der Waals surface area contributed by atoms with Crippen LogP contribution in [0.3, 0.4) is 0 Å². The molecule has 0 bridgehead atoms. The minimum absolute atomic E-state index is 0.0204. The summed E-state index contributed by atoms with van der Waals surface area (Å²) >= 11 is 1.53. The SMILES string of the molecule is CCC(=O)N1CCCCC1c1nc(C)cc(Nc2nccs2)n1. The van der Waals surface area contributed by atoms with E-state index in [2.05, 4.69) is 20.3 Å². The van der Waals surface area contributed by atoms with E-state index in [1.165, 1.54) is 11.3 Å². The zero-order chi connectivity index (χ0) is 16.2. The van der Waals surface area contributed by atoms with Gasteiger partial charge in [0.2, 0.25) is 5.91 Å². The van der Waals surface area contributed by atoms with E-state index in [0.717, 1.165) is 48.3 Å². The van der Waals surface area contributed by atoms with Gasteiger partial charge in [-0.2, -0.15) is 0 Å². The smallest absolute Gasteiger partial charge is 0.222 e. The van der Waals surface area contributed by atoms with E-state index in [-0.39, 0.29) is 11.9 Å². The molecule has 0 saturated carbocycles. The number of nitrogens with one attached hydrogen (secondary N) is 1. The van der Waals surface area contributed by atoms with E-state index in [1.807, 2.05) is 30.2 Å². The maximum absolute atomic E-state index is 12.2. The second-order valence-corrected chi connectivity index (χ2v) is 6.56. The maximum atomic E-state index is 12.2. The molecule has 1 unspecified atom stereocenters. The van der Waals surface area contributed by atoms with Crippen LogP contribution in [0.2, 0.25) is 0 Å². The first-order chi connectivity index (χ1) is 11.2. The fourth-order valence-corrected chi connectivity index (χ4v) is 3.44. The maximum Gasteiger partial charge on any atom is 0.222 e. The molecular formula is C16H21N5OS. The predicted molar refractivity (Wildman–Crippen MR) is 90.8 cm³/mol. The van der Waals surface area contributed by atoms with Gasteiger partial charge in [-0.05, 0) is 26.2 Å². The lowest BCUT2D eigenvalue weighted by atomic mass is 10.0. The molecule has 2 aromatic rings. The summed E-state index contributed by atoms with van der Waals surface area (Å²) in [7, 11) is 0. The van der Waals surface area contributed by atoms with E-state index in [0.29, 0.717) is 6.42 Å². The van der Waals surface area contributed by atoms with E-state index in [1.54, 1.807) is 6.20 Å². The average molecular weight is 331 g/mol. The van der Waals surface area contributed by atoms with Crippen LogP contribution in [0, 0.1) is 6.92 Å². The van der Waals surface area contributed by atoms with Crippen molar-refractivity contribution in [1.82, 2.24) is 19.9 Å². The number of carbonyl (C=O) groups is 1. The minimum atomic E-state index is -0.0204. The molecule has 0 aliphatic carbocycles. The number of thiazole rings is 1. The van der Waals surface area contributed by atoms with Crippen molar-refractivity contribution < 1.29 is 4.79 Å². The summed E-state index contributed by atoms with van der Waals surface area (Å²) in [6.45, 7) is 4.65. The Hall–Kier alpha value is -2.02. The third-order valence-electron chi connectivity index (χ3n) is 3.96. The van der Waals surface area contributed by atoms with Crippen LogP contribution < -0.4 is 5.32 Å². The predicted octanol–water partition coefficient (Wildman–Crippen LogP) is 3.45. The molecule has 1 N–H and O–H groups in total. The third-order valence-corrected chi connectivity index (χ3v) is 4.65. The third kappa shape index (κ3) is 3.67. The Bertz CT molecular complexity index is 673. The number of likely N-dealkylation sites (tertiary alicyclic amines) is 1. The summed E-state index contributed by atoms with van der Waals surface area (Å²) < 4.78 is 0. The molecule has 0 spiro atoms. The Balaban J connectivity index is 1.88. The second-order valence-electron chi connectivity index (χ2n) is 5.67. The van der Waals surface area contributed by atoms with Gasteiger partial charge in [0.1, 0.15) is 5.82 Å². The molecule has 23 heavy (non-hydrogen) atoms. The zero-order valence-corrected chi connectivity index (χ0v) is 14.3. The molecule has 1 fully saturated rings. The van der Waals surface area contributed by atoms with Crippen LogP contribution in [-0.4, -0.2) is 32.3 Å². The topological polar surface area (TPSA) is 71.0 Å². The number of carbonyl (C=O) groups excluding carboxylic acids is 1. The molecule has 1 atom stereocenters. The van der Waals surface area contributed by atoms with Crippen LogP contribution in [0.4, 0.5) is 10.9 Å². The standard InChI is InChI=1S/C16H21N5OS/c1-3-14(22)21-8-5-4-6-12(21)15-18-11(2)10-13(19-15)20-16-17-7-9-23-16/h7,9-10,12H,3-6,8H2,1-2H3,(H,17,18,19,20). The normalized spacial score (nSPS) is 18.0. The lowest BCUT2D eigenvalue weighted by Crippen LogP contribution is -2.39.